The molecule has 1 amide bonds. The minimum absolute atomic E-state index is 0.0895. The van der Waals surface area contributed by atoms with E-state index in [1.54, 1.807) is 0 Å². The Hall–Kier alpha value is -0.570. The van der Waals surface area contributed by atoms with Crippen molar-refractivity contribution in [3.8, 4) is 0 Å². The Morgan fingerprint density at radius 1 is 1.19 bits per heavy atom. The fourth-order valence-corrected chi connectivity index (χ4v) is 6.49. The Bertz CT molecular complexity index is 413. The summed E-state index contributed by atoms with van der Waals surface area (Å²) in [7, 11) is 0. The van der Waals surface area contributed by atoms with Gasteiger partial charge < -0.3 is 10.4 Å². The van der Waals surface area contributed by atoms with Crippen LogP contribution in [0.15, 0.2) is 0 Å². The number of rotatable bonds is 5. The number of hydrogen-bond donors (Lipinski definition) is 2. The summed E-state index contributed by atoms with van der Waals surface area (Å²) in [5.41, 5.74) is 0.698. The molecule has 4 aliphatic carbocycles. The highest BCUT2D eigenvalue weighted by Gasteiger charge is 2.62. The number of aliphatic hydroxyl groups is 1. The van der Waals surface area contributed by atoms with Crippen molar-refractivity contribution in [2.24, 2.45) is 22.2 Å². The molecule has 0 spiro atoms. The van der Waals surface area contributed by atoms with E-state index in [9.17, 15) is 9.90 Å². The first kappa shape index (κ1) is 15.3. The molecule has 3 unspecified atom stereocenters. The summed E-state index contributed by atoms with van der Waals surface area (Å²) in [4.78, 5) is 12.9. The van der Waals surface area contributed by atoms with E-state index in [4.69, 9.17) is 0 Å². The lowest BCUT2D eigenvalue weighted by Crippen LogP contribution is -2.59. The molecule has 4 saturated carbocycles. The maximum Gasteiger partial charge on any atom is 0.226 e. The third-order valence-electron chi connectivity index (χ3n) is 6.19. The molecule has 4 rings (SSSR count). The highest BCUT2D eigenvalue weighted by atomic mass is 16.3. The second-order valence-electron chi connectivity index (χ2n) is 9.16. The molecule has 4 bridgehead atoms. The van der Waals surface area contributed by atoms with Crippen molar-refractivity contribution in [3.05, 3.63) is 0 Å². The van der Waals surface area contributed by atoms with Crippen molar-refractivity contribution in [2.45, 2.75) is 78.2 Å². The summed E-state index contributed by atoms with van der Waals surface area (Å²) in [6, 6.07) is 0. The summed E-state index contributed by atoms with van der Waals surface area (Å²) in [6.45, 7) is 7.34. The van der Waals surface area contributed by atoms with Crippen LogP contribution in [0.25, 0.3) is 0 Å². The summed E-state index contributed by atoms with van der Waals surface area (Å²) in [5, 5.41) is 12.5. The third-order valence-corrected chi connectivity index (χ3v) is 6.19. The zero-order valence-corrected chi connectivity index (χ0v) is 13.9. The number of aliphatic hydroxyl groups excluding tert-OH is 1. The average molecular weight is 293 g/mol. The first-order valence-corrected chi connectivity index (χ1v) is 8.71. The molecule has 3 atom stereocenters. The third kappa shape index (κ3) is 2.86. The molecule has 3 nitrogen and oxygen atoms in total. The van der Waals surface area contributed by atoms with Crippen molar-refractivity contribution in [3.63, 3.8) is 0 Å². The van der Waals surface area contributed by atoms with Gasteiger partial charge in [0.2, 0.25) is 5.91 Å². The topological polar surface area (TPSA) is 49.3 Å². The molecule has 4 aliphatic rings. The van der Waals surface area contributed by atoms with Gasteiger partial charge in [0.15, 0.2) is 0 Å². The maximum atomic E-state index is 12.9. The van der Waals surface area contributed by atoms with E-state index in [1.807, 2.05) is 6.92 Å². The van der Waals surface area contributed by atoms with Crippen molar-refractivity contribution >= 4 is 5.91 Å². The van der Waals surface area contributed by atoms with Crippen molar-refractivity contribution < 1.29 is 9.90 Å². The predicted octanol–water partition coefficient (Wildman–Crippen LogP) is 3.26. The molecule has 0 heterocycles. The van der Waals surface area contributed by atoms with E-state index in [1.165, 1.54) is 19.3 Å². The van der Waals surface area contributed by atoms with Crippen molar-refractivity contribution in [1.82, 2.24) is 5.32 Å². The number of nitrogens with one attached hydrogen (secondary N) is 1. The molecule has 21 heavy (non-hydrogen) atoms. The van der Waals surface area contributed by atoms with Gasteiger partial charge in [-0.1, -0.05) is 13.8 Å². The van der Waals surface area contributed by atoms with Crippen LogP contribution in [0.3, 0.4) is 0 Å². The Labute approximate surface area is 128 Å². The minimum atomic E-state index is -0.265. The van der Waals surface area contributed by atoms with Crippen LogP contribution in [-0.2, 0) is 4.79 Å². The molecular weight excluding hydrogens is 262 g/mol. The van der Waals surface area contributed by atoms with Gasteiger partial charge in [0.25, 0.3) is 0 Å². The zero-order valence-electron chi connectivity index (χ0n) is 13.9. The molecule has 2 N–H and O–H groups in total. The van der Waals surface area contributed by atoms with Crippen LogP contribution in [0.5, 0.6) is 0 Å². The second-order valence-corrected chi connectivity index (χ2v) is 9.16. The number of carbonyl (C=O) groups is 1. The van der Waals surface area contributed by atoms with Gasteiger partial charge in [-0.15, -0.1) is 0 Å². The van der Waals surface area contributed by atoms with Gasteiger partial charge in [-0.25, -0.2) is 0 Å². The smallest absolute Gasteiger partial charge is 0.226 e. The monoisotopic (exact) mass is 293 g/mol. The van der Waals surface area contributed by atoms with E-state index in [0.29, 0.717) is 23.3 Å². The summed E-state index contributed by atoms with van der Waals surface area (Å²) in [6.07, 6.45) is 8.65. The summed E-state index contributed by atoms with van der Waals surface area (Å²) < 4.78 is 0. The second kappa shape index (κ2) is 4.97. The van der Waals surface area contributed by atoms with Crippen LogP contribution in [0.2, 0.25) is 0 Å². The van der Waals surface area contributed by atoms with E-state index in [-0.39, 0.29) is 11.5 Å². The number of hydrogen-bond acceptors (Lipinski definition) is 2. The molecule has 0 aromatic heterocycles. The zero-order chi connectivity index (χ0) is 15.3. The quantitative estimate of drug-likeness (QED) is 0.764. The van der Waals surface area contributed by atoms with E-state index >= 15 is 0 Å². The molecular formula is C18H31NO2. The fourth-order valence-electron chi connectivity index (χ4n) is 6.49. The Morgan fingerprint density at radius 2 is 1.81 bits per heavy atom. The lowest BCUT2D eigenvalue weighted by atomic mass is 9.40. The Kier molecular flexibility index (Phi) is 3.63. The van der Waals surface area contributed by atoms with Crippen molar-refractivity contribution in [2.75, 3.05) is 6.54 Å². The lowest BCUT2D eigenvalue weighted by molar-refractivity contribution is -0.170. The van der Waals surface area contributed by atoms with Gasteiger partial charge in [-0.3, -0.25) is 4.79 Å². The van der Waals surface area contributed by atoms with Gasteiger partial charge in [0.05, 0.1) is 11.5 Å². The summed E-state index contributed by atoms with van der Waals surface area (Å²) in [5.74, 6) is 1.06. The van der Waals surface area contributed by atoms with Gasteiger partial charge in [0, 0.05) is 6.54 Å². The molecule has 120 valence electrons. The van der Waals surface area contributed by atoms with Crippen LogP contribution in [0.4, 0.5) is 0 Å². The highest BCUT2D eigenvalue weighted by Crippen LogP contribution is 2.69. The number of amides is 1. The highest BCUT2D eigenvalue weighted by molar-refractivity contribution is 5.83. The Morgan fingerprint density at radius 3 is 2.33 bits per heavy atom. The fraction of sp³-hybridized carbons (Fsp3) is 0.944. The molecule has 0 aliphatic heterocycles. The Balaban J connectivity index is 1.65. The van der Waals surface area contributed by atoms with Crippen LogP contribution in [-0.4, -0.2) is 23.7 Å². The maximum absolute atomic E-state index is 12.9. The molecule has 0 aromatic rings. The molecule has 4 fully saturated rings. The van der Waals surface area contributed by atoms with E-state index in [0.717, 1.165) is 38.0 Å². The van der Waals surface area contributed by atoms with Gasteiger partial charge in [-0.05, 0) is 75.0 Å². The molecule has 3 heteroatoms. The molecule has 0 aromatic carbocycles. The first-order chi connectivity index (χ1) is 9.74. The standard InChI is InChI=1S/C18H31NO2/c1-13(20)5-4-6-19-15(21)18-9-14-7-16(2,11-18)10-17(3,8-14)12-18/h13-14,20H,4-12H2,1-3H3,(H,19,21). The van der Waals surface area contributed by atoms with Crippen LogP contribution >= 0.6 is 0 Å². The molecule has 0 radical (unpaired) electrons. The average Bonchev–Trinajstić information content (AvgIpc) is 2.29. The molecule has 0 saturated heterocycles. The summed E-state index contributed by atoms with van der Waals surface area (Å²) >= 11 is 0. The van der Waals surface area contributed by atoms with Crippen LogP contribution < -0.4 is 5.32 Å². The van der Waals surface area contributed by atoms with E-state index < -0.39 is 0 Å². The van der Waals surface area contributed by atoms with Crippen LogP contribution in [0, 0.1) is 22.2 Å². The predicted molar refractivity (Wildman–Crippen MR) is 83.8 cm³/mol. The first-order valence-electron chi connectivity index (χ1n) is 8.71. The van der Waals surface area contributed by atoms with E-state index in [2.05, 4.69) is 19.2 Å². The minimum Gasteiger partial charge on any atom is -0.393 e. The van der Waals surface area contributed by atoms with Crippen LogP contribution in [0.1, 0.15) is 72.1 Å². The van der Waals surface area contributed by atoms with Gasteiger partial charge in [-0.2, -0.15) is 0 Å². The normalized spacial score (nSPS) is 45.6. The lowest BCUT2D eigenvalue weighted by Gasteiger charge is -2.64. The van der Waals surface area contributed by atoms with Gasteiger partial charge >= 0.3 is 0 Å². The van der Waals surface area contributed by atoms with Gasteiger partial charge in [0.1, 0.15) is 0 Å². The SMILES string of the molecule is CC(O)CCCNC(=O)C12CC3CC(C)(CC(C)(C3)C1)C2. The van der Waals surface area contributed by atoms with Crippen molar-refractivity contribution in [1.29, 1.82) is 0 Å². The largest absolute Gasteiger partial charge is 0.393 e. The number of carbonyl (C=O) groups excluding carboxylic acids is 1.